The van der Waals surface area contributed by atoms with Crippen molar-refractivity contribution < 1.29 is 9.90 Å². The first-order valence-electron chi connectivity index (χ1n) is 6.60. The molecule has 21 heavy (non-hydrogen) atoms. The maximum atomic E-state index is 12.3. The summed E-state index contributed by atoms with van der Waals surface area (Å²) in [7, 11) is 0. The van der Waals surface area contributed by atoms with Crippen LogP contribution < -0.4 is 5.32 Å². The van der Waals surface area contributed by atoms with Crippen molar-refractivity contribution in [1.82, 2.24) is 9.38 Å². The predicted octanol–water partition coefficient (Wildman–Crippen LogP) is 2.91. The minimum absolute atomic E-state index is 0.0444. The van der Waals surface area contributed by atoms with Crippen LogP contribution in [0.1, 0.15) is 21.6 Å². The van der Waals surface area contributed by atoms with Crippen molar-refractivity contribution in [3.8, 4) is 5.75 Å². The van der Waals surface area contributed by atoms with Crippen LogP contribution in [0.15, 0.2) is 42.7 Å². The topological polar surface area (TPSA) is 66.6 Å². The molecule has 2 N–H and O–H groups in total. The second kappa shape index (κ2) is 4.94. The third-order valence-electron chi connectivity index (χ3n) is 3.34. The van der Waals surface area contributed by atoms with Gasteiger partial charge in [-0.05, 0) is 43.2 Å². The van der Waals surface area contributed by atoms with Crippen LogP contribution in [0.2, 0.25) is 0 Å². The monoisotopic (exact) mass is 281 g/mol. The van der Waals surface area contributed by atoms with Crippen LogP contribution in [-0.2, 0) is 0 Å². The van der Waals surface area contributed by atoms with E-state index >= 15 is 0 Å². The van der Waals surface area contributed by atoms with Gasteiger partial charge in [0.15, 0.2) is 0 Å². The first kappa shape index (κ1) is 13.2. The molecule has 0 radical (unpaired) electrons. The van der Waals surface area contributed by atoms with E-state index in [-0.39, 0.29) is 11.7 Å². The summed E-state index contributed by atoms with van der Waals surface area (Å²) >= 11 is 0. The lowest BCUT2D eigenvalue weighted by atomic mass is 10.2. The van der Waals surface area contributed by atoms with Crippen molar-refractivity contribution in [2.24, 2.45) is 0 Å². The maximum absolute atomic E-state index is 12.3. The van der Waals surface area contributed by atoms with Crippen molar-refractivity contribution >= 4 is 17.2 Å². The van der Waals surface area contributed by atoms with E-state index in [0.29, 0.717) is 17.0 Å². The number of phenols is 1. The summed E-state index contributed by atoms with van der Waals surface area (Å²) in [5, 5.41) is 12.5. The lowest BCUT2D eigenvalue weighted by Gasteiger charge is -2.08. The number of fused-ring (bicyclic) bond motifs is 1. The molecular formula is C16H15N3O2. The number of imidazole rings is 1. The molecule has 5 nitrogen and oxygen atoms in total. The molecule has 0 saturated heterocycles. The average molecular weight is 281 g/mol. The van der Waals surface area contributed by atoms with Gasteiger partial charge >= 0.3 is 0 Å². The van der Waals surface area contributed by atoms with Gasteiger partial charge in [0.05, 0.1) is 5.69 Å². The Balaban J connectivity index is 1.94. The van der Waals surface area contributed by atoms with Gasteiger partial charge < -0.3 is 14.8 Å². The molecule has 1 amide bonds. The van der Waals surface area contributed by atoms with Gasteiger partial charge in [-0.15, -0.1) is 0 Å². The van der Waals surface area contributed by atoms with Crippen molar-refractivity contribution in [2.75, 3.05) is 5.32 Å². The van der Waals surface area contributed by atoms with Crippen LogP contribution >= 0.6 is 0 Å². The van der Waals surface area contributed by atoms with Crippen LogP contribution in [0.3, 0.4) is 0 Å². The highest BCUT2D eigenvalue weighted by atomic mass is 16.3. The van der Waals surface area contributed by atoms with Crippen molar-refractivity contribution in [3.63, 3.8) is 0 Å². The average Bonchev–Trinajstić information content (AvgIpc) is 2.86. The third kappa shape index (κ3) is 2.45. The molecule has 0 aliphatic rings. The SMILES string of the molecule is Cc1ccn2cc(C(=O)Nc3c(C)cccc3O)nc2c1. The number of rotatable bonds is 2. The first-order chi connectivity index (χ1) is 10.0. The predicted molar refractivity (Wildman–Crippen MR) is 80.7 cm³/mol. The molecule has 3 aromatic rings. The van der Waals surface area contributed by atoms with E-state index in [4.69, 9.17) is 0 Å². The Morgan fingerprint density at radius 1 is 1.29 bits per heavy atom. The van der Waals surface area contributed by atoms with Gasteiger partial charge in [-0.3, -0.25) is 4.79 Å². The van der Waals surface area contributed by atoms with Crippen LogP contribution in [0.4, 0.5) is 5.69 Å². The zero-order valence-corrected chi connectivity index (χ0v) is 11.8. The highest BCUT2D eigenvalue weighted by Crippen LogP contribution is 2.26. The van der Waals surface area contributed by atoms with Gasteiger partial charge in [-0.25, -0.2) is 4.98 Å². The van der Waals surface area contributed by atoms with Gasteiger partial charge in [-0.1, -0.05) is 12.1 Å². The molecule has 0 aliphatic heterocycles. The minimum atomic E-state index is -0.346. The summed E-state index contributed by atoms with van der Waals surface area (Å²) in [6, 6.07) is 8.94. The van der Waals surface area contributed by atoms with E-state index in [1.165, 1.54) is 6.07 Å². The smallest absolute Gasteiger partial charge is 0.275 e. The van der Waals surface area contributed by atoms with Crippen LogP contribution in [0, 0.1) is 13.8 Å². The molecule has 2 heterocycles. The van der Waals surface area contributed by atoms with Gasteiger partial charge in [0.1, 0.15) is 17.1 Å². The first-order valence-corrected chi connectivity index (χ1v) is 6.60. The zero-order valence-electron chi connectivity index (χ0n) is 11.8. The van der Waals surface area contributed by atoms with E-state index in [1.807, 2.05) is 38.2 Å². The highest BCUT2D eigenvalue weighted by molar-refractivity contribution is 6.04. The molecule has 1 aromatic carbocycles. The lowest BCUT2D eigenvalue weighted by Crippen LogP contribution is -2.13. The number of aryl methyl sites for hydroxylation is 2. The largest absolute Gasteiger partial charge is 0.506 e. The summed E-state index contributed by atoms with van der Waals surface area (Å²) in [4.78, 5) is 16.6. The van der Waals surface area contributed by atoms with Gasteiger partial charge in [0.25, 0.3) is 5.91 Å². The number of carbonyl (C=O) groups is 1. The van der Waals surface area contributed by atoms with E-state index in [9.17, 15) is 9.90 Å². The van der Waals surface area contributed by atoms with Gasteiger partial charge in [0, 0.05) is 12.4 Å². The molecule has 0 fully saturated rings. The summed E-state index contributed by atoms with van der Waals surface area (Å²) in [6.07, 6.45) is 3.53. The molecule has 0 atom stereocenters. The van der Waals surface area contributed by atoms with Crippen LogP contribution in [-0.4, -0.2) is 20.4 Å². The number of benzene rings is 1. The number of pyridine rings is 1. The standard InChI is InChI=1S/C16H15N3O2/c1-10-6-7-19-9-12(17-14(19)8-10)16(21)18-15-11(2)4-3-5-13(15)20/h3-9,20H,1-2H3,(H,18,21). The zero-order chi connectivity index (χ0) is 15.0. The second-order valence-corrected chi connectivity index (χ2v) is 5.02. The number of aromatic hydroxyl groups is 1. The highest BCUT2D eigenvalue weighted by Gasteiger charge is 2.14. The van der Waals surface area contributed by atoms with E-state index in [1.54, 1.807) is 16.7 Å². The minimum Gasteiger partial charge on any atom is -0.506 e. The Kier molecular flexibility index (Phi) is 3.10. The fourth-order valence-electron chi connectivity index (χ4n) is 2.19. The molecular weight excluding hydrogens is 266 g/mol. The Labute approximate surface area is 121 Å². The Hall–Kier alpha value is -2.82. The molecule has 0 saturated carbocycles. The molecule has 5 heteroatoms. The number of para-hydroxylation sites is 1. The summed E-state index contributed by atoms with van der Waals surface area (Å²) in [6.45, 7) is 3.79. The number of aromatic nitrogens is 2. The number of hydrogen-bond donors (Lipinski definition) is 2. The molecule has 106 valence electrons. The number of anilines is 1. The molecule has 0 bridgehead atoms. The van der Waals surface area contributed by atoms with Crippen molar-refractivity contribution in [1.29, 1.82) is 0 Å². The summed E-state index contributed by atoms with van der Waals surface area (Å²) in [5.74, 6) is -0.302. The maximum Gasteiger partial charge on any atom is 0.275 e. The fourth-order valence-corrected chi connectivity index (χ4v) is 2.19. The second-order valence-electron chi connectivity index (χ2n) is 5.02. The van der Waals surface area contributed by atoms with Gasteiger partial charge in [0.2, 0.25) is 0 Å². The normalized spacial score (nSPS) is 10.8. The number of amides is 1. The number of nitrogens with zero attached hydrogens (tertiary/aromatic N) is 2. The fraction of sp³-hybridized carbons (Fsp3) is 0.125. The molecule has 2 aromatic heterocycles. The van der Waals surface area contributed by atoms with E-state index in [0.717, 1.165) is 11.1 Å². The quantitative estimate of drug-likeness (QED) is 0.710. The summed E-state index contributed by atoms with van der Waals surface area (Å²) < 4.78 is 1.79. The lowest BCUT2D eigenvalue weighted by molar-refractivity contribution is 0.102. The van der Waals surface area contributed by atoms with E-state index in [2.05, 4.69) is 10.3 Å². The number of hydrogen-bond acceptors (Lipinski definition) is 3. The Morgan fingerprint density at radius 3 is 2.86 bits per heavy atom. The van der Waals surface area contributed by atoms with Crippen LogP contribution in [0.5, 0.6) is 5.75 Å². The Morgan fingerprint density at radius 2 is 2.10 bits per heavy atom. The van der Waals surface area contributed by atoms with E-state index < -0.39 is 0 Å². The molecule has 0 unspecified atom stereocenters. The Bertz CT molecular complexity index is 816. The third-order valence-corrected chi connectivity index (χ3v) is 3.34. The van der Waals surface area contributed by atoms with Crippen LogP contribution in [0.25, 0.3) is 5.65 Å². The number of carbonyl (C=O) groups excluding carboxylic acids is 1. The van der Waals surface area contributed by atoms with Gasteiger partial charge in [-0.2, -0.15) is 0 Å². The molecule has 0 spiro atoms. The number of phenolic OH excluding ortho intramolecular Hbond substituents is 1. The molecule has 0 aliphatic carbocycles. The summed E-state index contributed by atoms with van der Waals surface area (Å²) in [5.41, 5.74) is 3.31. The number of nitrogens with one attached hydrogen (secondary N) is 1. The van der Waals surface area contributed by atoms with Crippen molar-refractivity contribution in [3.05, 3.63) is 59.5 Å². The van der Waals surface area contributed by atoms with Crippen molar-refractivity contribution in [2.45, 2.75) is 13.8 Å². The molecule has 3 rings (SSSR count).